The average Bonchev–Trinajstić information content (AvgIpc) is 3.12. The van der Waals surface area contributed by atoms with E-state index in [0.29, 0.717) is 24.6 Å². The topological polar surface area (TPSA) is 101 Å². The van der Waals surface area contributed by atoms with Crippen molar-refractivity contribution >= 4 is 17.4 Å². The Morgan fingerprint density at radius 2 is 2.23 bits per heavy atom. The number of aromatic nitrogens is 6. The first-order valence-electron chi connectivity index (χ1n) is 6.69. The Morgan fingerprint density at radius 3 is 3.00 bits per heavy atom. The van der Waals surface area contributed by atoms with Crippen molar-refractivity contribution in [2.45, 2.75) is 13.5 Å². The number of hydrogen-bond acceptors (Lipinski definition) is 6. The predicted molar refractivity (Wildman–Crippen MR) is 78.0 cm³/mol. The highest BCUT2D eigenvalue weighted by Crippen LogP contribution is 2.16. The molecule has 0 bridgehead atoms. The van der Waals surface area contributed by atoms with E-state index in [1.807, 2.05) is 23.3 Å². The summed E-state index contributed by atoms with van der Waals surface area (Å²) in [5, 5.41) is 17.2. The number of rotatable bonds is 5. The molecule has 0 amide bonds. The first kappa shape index (κ1) is 14.0. The number of carbonyl (C=O) groups is 1. The third kappa shape index (κ3) is 2.36. The molecular formula is C13H15N7O2. The Labute approximate surface area is 125 Å². The minimum Gasteiger partial charge on any atom is -0.477 e. The molecule has 9 nitrogen and oxygen atoms in total. The molecule has 3 rings (SSSR count). The third-order valence-electron chi connectivity index (χ3n) is 3.45. The second-order valence-corrected chi connectivity index (χ2v) is 4.89. The smallest absolute Gasteiger partial charge is 0.354 e. The van der Waals surface area contributed by atoms with Gasteiger partial charge in [0.1, 0.15) is 11.5 Å². The van der Waals surface area contributed by atoms with Crippen LogP contribution in [0.2, 0.25) is 0 Å². The molecule has 0 radical (unpaired) electrons. The van der Waals surface area contributed by atoms with Gasteiger partial charge in [-0.25, -0.2) is 14.8 Å². The molecule has 0 saturated carbocycles. The van der Waals surface area contributed by atoms with Crippen LogP contribution in [0, 0.1) is 6.92 Å². The number of carboxylic acid groups (broad SMARTS) is 1. The number of aryl methyl sites for hydroxylation is 1. The van der Waals surface area contributed by atoms with Gasteiger partial charge in [-0.15, -0.1) is 10.2 Å². The molecule has 9 heteroatoms. The molecule has 0 saturated heterocycles. The molecule has 0 aliphatic heterocycles. The zero-order chi connectivity index (χ0) is 15.7. The normalized spacial score (nSPS) is 11.0. The van der Waals surface area contributed by atoms with E-state index in [1.54, 1.807) is 17.0 Å². The van der Waals surface area contributed by atoms with E-state index in [2.05, 4.69) is 20.2 Å². The van der Waals surface area contributed by atoms with E-state index in [-0.39, 0.29) is 5.69 Å². The van der Waals surface area contributed by atoms with Gasteiger partial charge in [-0.2, -0.15) is 0 Å². The van der Waals surface area contributed by atoms with Crippen LogP contribution < -0.4 is 4.90 Å². The van der Waals surface area contributed by atoms with Crippen LogP contribution in [0.4, 0.5) is 5.82 Å². The third-order valence-corrected chi connectivity index (χ3v) is 3.45. The number of fused-ring (bicyclic) bond motifs is 1. The number of carboxylic acids is 1. The summed E-state index contributed by atoms with van der Waals surface area (Å²) >= 11 is 0. The zero-order valence-electron chi connectivity index (χ0n) is 12.2. The summed E-state index contributed by atoms with van der Waals surface area (Å²) in [4.78, 5) is 21.2. The molecule has 114 valence electrons. The fourth-order valence-corrected chi connectivity index (χ4v) is 2.24. The van der Waals surface area contributed by atoms with Crippen LogP contribution in [-0.2, 0) is 6.54 Å². The number of nitrogens with zero attached hydrogens (tertiary/aromatic N) is 7. The lowest BCUT2D eigenvalue weighted by Crippen LogP contribution is -2.25. The summed E-state index contributed by atoms with van der Waals surface area (Å²) < 4.78 is 3.45. The Hall–Kier alpha value is -2.97. The average molecular weight is 301 g/mol. The molecule has 3 aromatic heterocycles. The van der Waals surface area contributed by atoms with Crippen molar-refractivity contribution in [3.05, 3.63) is 36.4 Å². The minimum absolute atomic E-state index is 0.165. The summed E-state index contributed by atoms with van der Waals surface area (Å²) in [5.41, 5.74) is 0.837. The molecule has 0 spiro atoms. The molecule has 3 aromatic rings. The molecule has 1 N–H and O–H groups in total. The lowest BCUT2D eigenvalue weighted by atomic mass is 10.4. The predicted octanol–water partition coefficient (Wildman–Crippen LogP) is 0.464. The molecule has 0 aliphatic rings. The van der Waals surface area contributed by atoms with Crippen LogP contribution in [-0.4, -0.2) is 53.8 Å². The number of likely N-dealkylation sites (N-methyl/N-ethyl adjacent to an activating group) is 1. The van der Waals surface area contributed by atoms with Crippen molar-refractivity contribution in [2.24, 2.45) is 0 Å². The number of imidazole rings is 1. The van der Waals surface area contributed by atoms with Crippen molar-refractivity contribution in [1.82, 2.24) is 29.1 Å². The summed E-state index contributed by atoms with van der Waals surface area (Å²) in [5.74, 6) is 0.489. The van der Waals surface area contributed by atoms with E-state index < -0.39 is 5.97 Å². The molecule has 0 fully saturated rings. The SMILES string of the molecule is Cc1nnc2c(N(C)CCn3cncc3C(=O)O)nccn12. The van der Waals surface area contributed by atoms with Gasteiger partial charge in [-0.3, -0.25) is 4.40 Å². The van der Waals surface area contributed by atoms with Crippen molar-refractivity contribution in [3.8, 4) is 0 Å². The number of aromatic carboxylic acids is 1. The van der Waals surface area contributed by atoms with Crippen LogP contribution in [0.5, 0.6) is 0 Å². The quantitative estimate of drug-likeness (QED) is 0.730. The zero-order valence-corrected chi connectivity index (χ0v) is 12.2. The Morgan fingerprint density at radius 1 is 1.41 bits per heavy atom. The van der Waals surface area contributed by atoms with E-state index in [1.165, 1.54) is 12.5 Å². The minimum atomic E-state index is -0.992. The van der Waals surface area contributed by atoms with Crippen LogP contribution in [0.15, 0.2) is 24.9 Å². The van der Waals surface area contributed by atoms with Gasteiger partial charge >= 0.3 is 5.97 Å². The van der Waals surface area contributed by atoms with Gasteiger partial charge in [0.2, 0.25) is 5.65 Å². The molecule has 0 unspecified atom stereocenters. The van der Waals surface area contributed by atoms with Gasteiger partial charge in [0.25, 0.3) is 0 Å². The standard InChI is InChI=1S/C13H15N7O2/c1-9-16-17-12-11(15-3-4-20(9)12)18(2)5-6-19-8-14-7-10(19)13(21)22/h3-4,7-8H,5-6H2,1-2H3,(H,21,22). The first-order valence-corrected chi connectivity index (χ1v) is 6.69. The van der Waals surface area contributed by atoms with E-state index in [0.717, 1.165) is 5.82 Å². The number of anilines is 1. The van der Waals surface area contributed by atoms with Gasteiger partial charge < -0.3 is 14.6 Å². The molecule has 0 aliphatic carbocycles. The molecule has 22 heavy (non-hydrogen) atoms. The van der Waals surface area contributed by atoms with Crippen LogP contribution in [0.1, 0.15) is 16.3 Å². The summed E-state index contributed by atoms with van der Waals surface area (Å²) in [7, 11) is 1.88. The fraction of sp³-hybridized carbons (Fsp3) is 0.308. The lowest BCUT2D eigenvalue weighted by Gasteiger charge is -2.18. The Kier molecular flexibility index (Phi) is 3.45. The van der Waals surface area contributed by atoms with Gasteiger partial charge in [0, 0.05) is 32.5 Å². The summed E-state index contributed by atoms with van der Waals surface area (Å²) in [6.45, 7) is 2.91. The monoisotopic (exact) mass is 301 g/mol. The van der Waals surface area contributed by atoms with E-state index in [9.17, 15) is 4.79 Å². The largest absolute Gasteiger partial charge is 0.477 e. The highest BCUT2D eigenvalue weighted by molar-refractivity contribution is 5.85. The van der Waals surface area contributed by atoms with Crippen molar-refractivity contribution in [2.75, 3.05) is 18.5 Å². The maximum Gasteiger partial charge on any atom is 0.354 e. The van der Waals surface area contributed by atoms with Crippen LogP contribution >= 0.6 is 0 Å². The van der Waals surface area contributed by atoms with Gasteiger partial charge in [0.05, 0.1) is 12.5 Å². The summed E-state index contributed by atoms with van der Waals surface area (Å²) in [6, 6.07) is 0. The molecule has 3 heterocycles. The second kappa shape index (κ2) is 5.43. The Balaban J connectivity index is 1.80. The van der Waals surface area contributed by atoms with Crippen molar-refractivity contribution in [1.29, 1.82) is 0 Å². The van der Waals surface area contributed by atoms with Crippen molar-refractivity contribution in [3.63, 3.8) is 0 Å². The first-order chi connectivity index (χ1) is 10.6. The molecule has 0 atom stereocenters. The van der Waals surface area contributed by atoms with E-state index in [4.69, 9.17) is 5.11 Å². The molecular weight excluding hydrogens is 286 g/mol. The lowest BCUT2D eigenvalue weighted by molar-refractivity contribution is 0.0685. The van der Waals surface area contributed by atoms with Crippen LogP contribution in [0.3, 0.4) is 0 Å². The van der Waals surface area contributed by atoms with E-state index >= 15 is 0 Å². The maximum atomic E-state index is 11.1. The fourth-order valence-electron chi connectivity index (χ4n) is 2.24. The number of hydrogen-bond donors (Lipinski definition) is 1. The van der Waals surface area contributed by atoms with Gasteiger partial charge in [0.15, 0.2) is 5.82 Å². The van der Waals surface area contributed by atoms with Crippen LogP contribution in [0.25, 0.3) is 5.65 Å². The van der Waals surface area contributed by atoms with Crippen molar-refractivity contribution < 1.29 is 9.90 Å². The highest BCUT2D eigenvalue weighted by atomic mass is 16.4. The van der Waals surface area contributed by atoms with Gasteiger partial charge in [-0.05, 0) is 6.92 Å². The maximum absolute atomic E-state index is 11.1. The summed E-state index contributed by atoms with van der Waals surface area (Å²) in [6.07, 6.45) is 6.34. The van der Waals surface area contributed by atoms with Gasteiger partial charge in [-0.1, -0.05) is 0 Å². The Bertz CT molecular complexity index is 823. The molecule has 0 aromatic carbocycles. The highest BCUT2D eigenvalue weighted by Gasteiger charge is 2.14. The second-order valence-electron chi connectivity index (χ2n) is 4.89.